The molecule has 0 N–H and O–H groups in total. The van der Waals surface area contributed by atoms with Crippen LogP contribution >= 0.6 is 0 Å². The number of para-hydroxylation sites is 4. The van der Waals surface area contributed by atoms with Crippen molar-refractivity contribution >= 4 is 43.6 Å². The predicted molar refractivity (Wildman–Crippen MR) is 253 cm³/mol. The summed E-state index contributed by atoms with van der Waals surface area (Å²) in [4.78, 5) is 20.1. The van der Waals surface area contributed by atoms with Crippen molar-refractivity contribution in [3.63, 3.8) is 0 Å². The fourth-order valence-electron chi connectivity index (χ4n) is 8.97. The highest BCUT2D eigenvalue weighted by molar-refractivity contribution is 6.10. The average molecular weight is 793 g/mol. The molecule has 6 nitrogen and oxygen atoms in total. The molecule has 0 radical (unpaired) electrons. The smallest absolute Gasteiger partial charge is 0.164 e. The quantitative estimate of drug-likeness (QED) is 0.161. The lowest BCUT2D eigenvalue weighted by molar-refractivity contribution is 1.07. The first kappa shape index (κ1) is 35.5. The third kappa shape index (κ3) is 5.96. The summed E-state index contributed by atoms with van der Waals surface area (Å²) in [5.41, 5.74) is 13.6. The van der Waals surface area contributed by atoms with Crippen molar-refractivity contribution in [1.29, 1.82) is 0 Å². The summed E-state index contributed by atoms with van der Waals surface area (Å²) in [5, 5.41) is 4.88. The summed E-state index contributed by atoms with van der Waals surface area (Å²) in [6.45, 7) is 0. The first-order valence-corrected chi connectivity index (χ1v) is 20.8. The van der Waals surface area contributed by atoms with E-state index >= 15 is 0 Å². The summed E-state index contributed by atoms with van der Waals surface area (Å²) in [6.07, 6.45) is 1.85. The van der Waals surface area contributed by atoms with Crippen LogP contribution in [0.2, 0.25) is 0 Å². The number of aromatic nitrogens is 6. The Morgan fingerprint density at radius 3 is 1.35 bits per heavy atom. The van der Waals surface area contributed by atoms with E-state index < -0.39 is 0 Å². The van der Waals surface area contributed by atoms with Gasteiger partial charge in [-0.2, -0.15) is 0 Å². The fourth-order valence-corrected chi connectivity index (χ4v) is 8.97. The molecule has 12 rings (SSSR count). The second kappa shape index (κ2) is 14.7. The first-order chi connectivity index (χ1) is 30.7. The van der Waals surface area contributed by atoms with Gasteiger partial charge in [-0.05, 0) is 66.2 Å². The summed E-state index contributed by atoms with van der Waals surface area (Å²) in [5.74, 6) is 1.83. The van der Waals surface area contributed by atoms with Crippen LogP contribution in [-0.4, -0.2) is 29.1 Å². The molecule has 4 heterocycles. The van der Waals surface area contributed by atoms with Crippen molar-refractivity contribution in [1.82, 2.24) is 29.1 Å². The lowest BCUT2D eigenvalue weighted by Gasteiger charge is -2.16. The van der Waals surface area contributed by atoms with Crippen LogP contribution in [0.15, 0.2) is 219 Å². The topological polar surface area (TPSA) is 61.4 Å². The standard InChI is InChI=1S/C56H36N6/c1-2-15-38(16-3-1)54-58-55(60-56(59-54)41-17-14-18-42(35-41)61-49-24-8-4-19-43(49)44-20-5-9-25-50(44)61)39-30-28-37(29-31-39)47-36-40(48-23-12-13-34-57-48)32-33-53(47)62-51-26-10-6-21-45(51)46-22-7-11-27-52(46)62/h1-36H. The molecule has 0 aliphatic heterocycles. The Bertz CT molecular complexity index is 3520. The summed E-state index contributed by atoms with van der Waals surface area (Å²) in [6, 6.07) is 74.4. The van der Waals surface area contributed by atoms with Gasteiger partial charge in [0.05, 0.1) is 33.4 Å². The van der Waals surface area contributed by atoms with Gasteiger partial charge in [-0.25, -0.2) is 15.0 Å². The maximum atomic E-state index is 5.19. The molecule has 12 aromatic rings. The molecule has 0 spiro atoms. The van der Waals surface area contributed by atoms with Crippen LogP contribution in [0.5, 0.6) is 0 Å². The molecule has 8 aromatic carbocycles. The van der Waals surface area contributed by atoms with E-state index in [0.29, 0.717) is 17.5 Å². The van der Waals surface area contributed by atoms with Crippen molar-refractivity contribution in [2.75, 3.05) is 0 Å². The highest BCUT2D eigenvalue weighted by Gasteiger charge is 2.19. The van der Waals surface area contributed by atoms with Crippen LogP contribution < -0.4 is 0 Å². The maximum Gasteiger partial charge on any atom is 0.164 e. The zero-order chi connectivity index (χ0) is 41.0. The fraction of sp³-hybridized carbons (Fsp3) is 0. The van der Waals surface area contributed by atoms with Crippen LogP contribution in [0.3, 0.4) is 0 Å². The van der Waals surface area contributed by atoms with Crippen molar-refractivity contribution < 1.29 is 0 Å². The molecule has 290 valence electrons. The largest absolute Gasteiger partial charge is 0.309 e. The molecular formula is C56H36N6. The van der Waals surface area contributed by atoms with Crippen molar-refractivity contribution in [2.45, 2.75) is 0 Å². The Kier molecular flexibility index (Phi) is 8.38. The molecule has 0 fully saturated rings. The first-order valence-electron chi connectivity index (χ1n) is 20.8. The second-order valence-electron chi connectivity index (χ2n) is 15.5. The zero-order valence-electron chi connectivity index (χ0n) is 33.5. The molecule has 6 heteroatoms. The average Bonchev–Trinajstić information content (AvgIpc) is 3.87. The van der Waals surface area contributed by atoms with E-state index in [1.807, 2.05) is 48.7 Å². The van der Waals surface area contributed by atoms with Crippen LogP contribution in [-0.2, 0) is 0 Å². The Balaban J connectivity index is 1.000. The van der Waals surface area contributed by atoms with Crippen LogP contribution in [0, 0.1) is 0 Å². The zero-order valence-corrected chi connectivity index (χ0v) is 33.5. The highest BCUT2D eigenvalue weighted by Crippen LogP contribution is 2.39. The van der Waals surface area contributed by atoms with E-state index in [4.69, 9.17) is 19.9 Å². The molecular weight excluding hydrogens is 757 g/mol. The summed E-state index contributed by atoms with van der Waals surface area (Å²) in [7, 11) is 0. The molecule has 0 saturated heterocycles. The van der Waals surface area contributed by atoms with Gasteiger partial charge in [-0.15, -0.1) is 0 Å². The van der Waals surface area contributed by atoms with Gasteiger partial charge in [0.2, 0.25) is 0 Å². The van der Waals surface area contributed by atoms with Gasteiger partial charge in [-0.1, -0.05) is 152 Å². The van der Waals surface area contributed by atoms with Crippen molar-refractivity contribution in [3.05, 3.63) is 219 Å². The molecule has 0 unspecified atom stereocenters. The van der Waals surface area contributed by atoms with Gasteiger partial charge in [0.15, 0.2) is 17.5 Å². The Hall–Kier alpha value is -8.48. The Morgan fingerprint density at radius 2 is 0.774 bits per heavy atom. The molecule has 0 bridgehead atoms. The number of fused-ring (bicyclic) bond motifs is 6. The molecule has 0 amide bonds. The maximum absolute atomic E-state index is 5.19. The lowest BCUT2D eigenvalue weighted by Crippen LogP contribution is -2.01. The number of benzene rings is 8. The van der Waals surface area contributed by atoms with Gasteiger partial charge in [-0.3, -0.25) is 4.98 Å². The van der Waals surface area contributed by atoms with E-state index in [0.717, 1.165) is 72.5 Å². The van der Waals surface area contributed by atoms with E-state index in [9.17, 15) is 0 Å². The lowest BCUT2D eigenvalue weighted by atomic mass is 9.98. The number of pyridine rings is 1. The molecule has 0 aliphatic carbocycles. The van der Waals surface area contributed by atoms with Gasteiger partial charge in [0, 0.05) is 61.2 Å². The molecule has 4 aromatic heterocycles. The van der Waals surface area contributed by atoms with E-state index in [1.54, 1.807) is 0 Å². The minimum atomic E-state index is 0.604. The van der Waals surface area contributed by atoms with Crippen LogP contribution in [0.1, 0.15) is 0 Å². The van der Waals surface area contributed by atoms with Crippen molar-refractivity contribution in [2.24, 2.45) is 0 Å². The number of hydrogen-bond acceptors (Lipinski definition) is 4. The van der Waals surface area contributed by atoms with Crippen molar-refractivity contribution in [3.8, 4) is 67.9 Å². The third-order valence-electron chi connectivity index (χ3n) is 11.8. The Labute approximate surface area is 357 Å². The summed E-state index contributed by atoms with van der Waals surface area (Å²) < 4.78 is 4.71. The van der Waals surface area contributed by atoms with Crippen LogP contribution in [0.25, 0.3) is 112 Å². The van der Waals surface area contributed by atoms with Gasteiger partial charge >= 0.3 is 0 Å². The minimum Gasteiger partial charge on any atom is -0.309 e. The van der Waals surface area contributed by atoms with E-state index in [2.05, 4.69) is 179 Å². The highest BCUT2D eigenvalue weighted by atomic mass is 15.0. The van der Waals surface area contributed by atoms with Gasteiger partial charge < -0.3 is 9.13 Å². The summed E-state index contributed by atoms with van der Waals surface area (Å²) >= 11 is 0. The van der Waals surface area contributed by atoms with Crippen LogP contribution in [0.4, 0.5) is 0 Å². The van der Waals surface area contributed by atoms with E-state index in [1.165, 1.54) is 21.5 Å². The Morgan fingerprint density at radius 1 is 0.306 bits per heavy atom. The minimum absolute atomic E-state index is 0.604. The number of hydrogen-bond donors (Lipinski definition) is 0. The van der Waals surface area contributed by atoms with E-state index in [-0.39, 0.29) is 0 Å². The molecule has 62 heavy (non-hydrogen) atoms. The number of rotatable bonds is 7. The molecule has 0 atom stereocenters. The molecule has 0 aliphatic rings. The molecule has 0 saturated carbocycles. The predicted octanol–water partition coefficient (Wildman–Crippen LogP) is 13.8. The SMILES string of the molecule is c1ccc(-c2nc(-c3ccc(-c4cc(-c5ccccn5)ccc4-n4c5ccccc5c5ccccc54)cc3)nc(-c3cccc(-n4c5ccccc5c5ccccc54)c3)n2)cc1. The normalized spacial score (nSPS) is 11.5. The second-order valence-corrected chi connectivity index (χ2v) is 15.5. The van der Waals surface area contributed by atoms with Gasteiger partial charge in [0.1, 0.15) is 0 Å². The number of nitrogens with zero attached hydrogens (tertiary/aromatic N) is 6. The third-order valence-corrected chi connectivity index (χ3v) is 11.8. The van der Waals surface area contributed by atoms with Gasteiger partial charge in [0.25, 0.3) is 0 Å². The monoisotopic (exact) mass is 792 g/mol.